The molecular weight excluding hydrogens is 392 g/mol. The van der Waals surface area contributed by atoms with Gasteiger partial charge in [-0.15, -0.1) is 0 Å². The Balaban J connectivity index is 1.17. The van der Waals surface area contributed by atoms with Gasteiger partial charge >= 0.3 is 0 Å². The molecule has 156 valence electrons. The standard InChI is InChI=1S/C25H29ClN4/c1-17-5-6-20-14-19(16-27-24(20)28-17)4-3-11-30-12-9-25(10-13-30)18(2)29-23-8-7-21(26)15-22(23)25/h7-8,14-16,29H,1-6,9-13H2,(H,27,28). The summed E-state index contributed by atoms with van der Waals surface area (Å²) < 4.78 is 0. The maximum Gasteiger partial charge on any atom is 0.133 e. The predicted octanol–water partition coefficient (Wildman–Crippen LogP) is 5.51. The molecule has 0 unspecified atom stereocenters. The predicted molar refractivity (Wildman–Crippen MR) is 125 cm³/mol. The molecule has 5 rings (SSSR count). The third-order valence-electron chi connectivity index (χ3n) is 7.02. The van der Waals surface area contributed by atoms with Crippen LogP contribution in [0.3, 0.4) is 0 Å². The fourth-order valence-corrected chi connectivity index (χ4v) is 5.39. The van der Waals surface area contributed by atoms with Crippen LogP contribution in [0.1, 0.15) is 42.4 Å². The Hall–Kier alpha value is -2.30. The molecule has 1 aromatic heterocycles. The normalized spacial score (nSPS) is 19.9. The number of fused-ring (bicyclic) bond motifs is 3. The molecule has 1 fully saturated rings. The number of benzene rings is 1. The Morgan fingerprint density at radius 2 is 1.93 bits per heavy atom. The lowest BCUT2D eigenvalue weighted by atomic mass is 9.72. The minimum atomic E-state index is 0.0378. The van der Waals surface area contributed by atoms with Gasteiger partial charge < -0.3 is 15.5 Å². The summed E-state index contributed by atoms with van der Waals surface area (Å²) in [5, 5.41) is 7.61. The van der Waals surface area contributed by atoms with E-state index in [1.807, 2.05) is 12.3 Å². The summed E-state index contributed by atoms with van der Waals surface area (Å²) in [7, 11) is 0. The van der Waals surface area contributed by atoms with Gasteiger partial charge in [-0.2, -0.15) is 0 Å². The summed E-state index contributed by atoms with van der Waals surface area (Å²) in [6, 6.07) is 8.49. The van der Waals surface area contributed by atoms with Gasteiger partial charge in [0.2, 0.25) is 0 Å². The number of aromatic nitrogens is 1. The van der Waals surface area contributed by atoms with Crippen molar-refractivity contribution in [1.82, 2.24) is 9.88 Å². The number of hydrogen-bond acceptors (Lipinski definition) is 4. The van der Waals surface area contributed by atoms with Gasteiger partial charge in [-0.3, -0.25) is 0 Å². The lowest BCUT2D eigenvalue weighted by molar-refractivity contribution is 0.179. The van der Waals surface area contributed by atoms with E-state index >= 15 is 0 Å². The molecule has 0 aliphatic carbocycles. The van der Waals surface area contributed by atoms with Crippen molar-refractivity contribution in [3.05, 3.63) is 76.7 Å². The SMILES string of the molecule is C=C1CCc2cc(CCCN3CCC4(CC3)C(=C)Nc3ccc(Cl)cc34)cnc2N1. The highest BCUT2D eigenvalue weighted by Crippen LogP contribution is 2.50. The van der Waals surface area contributed by atoms with Crippen LogP contribution < -0.4 is 10.6 Å². The van der Waals surface area contributed by atoms with Crippen molar-refractivity contribution in [2.24, 2.45) is 0 Å². The van der Waals surface area contributed by atoms with Gasteiger partial charge in [-0.1, -0.05) is 30.8 Å². The van der Waals surface area contributed by atoms with E-state index in [2.05, 4.69) is 51.9 Å². The van der Waals surface area contributed by atoms with Crippen LogP contribution in [-0.2, 0) is 18.3 Å². The maximum absolute atomic E-state index is 6.30. The number of anilines is 2. The first-order chi connectivity index (χ1) is 14.5. The number of pyridine rings is 1. The van der Waals surface area contributed by atoms with E-state index in [4.69, 9.17) is 11.6 Å². The molecule has 4 heterocycles. The number of rotatable bonds is 4. The van der Waals surface area contributed by atoms with E-state index in [1.54, 1.807) is 0 Å². The van der Waals surface area contributed by atoms with E-state index in [9.17, 15) is 0 Å². The van der Waals surface area contributed by atoms with Gasteiger partial charge in [-0.25, -0.2) is 4.98 Å². The molecule has 4 nitrogen and oxygen atoms in total. The average molecular weight is 421 g/mol. The van der Waals surface area contributed by atoms with Gasteiger partial charge in [-0.05, 0) is 93.0 Å². The van der Waals surface area contributed by atoms with Crippen molar-refractivity contribution in [3.8, 4) is 0 Å². The Labute approximate surface area is 184 Å². The molecule has 2 aromatic rings. The first-order valence-electron chi connectivity index (χ1n) is 10.9. The molecule has 0 saturated carbocycles. The Kier molecular flexibility index (Phi) is 5.08. The Bertz CT molecular complexity index is 1000. The van der Waals surface area contributed by atoms with Crippen molar-refractivity contribution in [3.63, 3.8) is 0 Å². The fraction of sp³-hybridized carbons (Fsp3) is 0.400. The molecule has 0 bridgehead atoms. The van der Waals surface area contributed by atoms with Crippen LogP contribution in [-0.4, -0.2) is 29.5 Å². The number of nitrogens with zero attached hydrogens (tertiary/aromatic N) is 2. The second-order valence-electron chi connectivity index (χ2n) is 8.90. The van der Waals surface area contributed by atoms with Crippen molar-refractivity contribution >= 4 is 23.1 Å². The summed E-state index contributed by atoms with van der Waals surface area (Å²) in [4.78, 5) is 7.20. The van der Waals surface area contributed by atoms with E-state index in [-0.39, 0.29) is 5.41 Å². The zero-order valence-corrected chi connectivity index (χ0v) is 18.2. The van der Waals surface area contributed by atoms with Crippen LogP contribution in [0.4, 0.5) is 11.5 Å². The van der Waals surface area contributed by atoms with E-state index in [0.717, 1.165) is 80.4 Å². The highest BCUT2D eigenvalue weighted by molar-refractivity contribution is 6.30. The molecule has 3 aliphatic heterocycles. The third-order valence-corrected chi connectivity index (χ3v) is 7.26. The number of nitrogens with one attached hydrogen (secondary N) is 2. The Morgan fingerprint density at radius 3 is 2.77 bits per heavy atom. The van der Waals surface area contributed by atoms with Crippen molar-refractivity contribution < 1.29 is 0 Å². The van der Waals surface area contributed by atoms with Crippen LogP contribution in [0.5, 0.6) is 0 Å². The Morgan fingerprint density at radius 1 is 1.10 bits per heavy atom. The molecular formula is C25H29ClN4. The maximum atomic E-state index is 6.30. The summed E-state index contributed by atoms with van der Waals surface area (Å²) in [6.07, 6.45) is 8.50. The second-order valence-corrected chi connectivity index (χ2v) is 9.34. The van der Waals surface area contributed by atoms with E-state index < -0.39 is 0 Å². The van der Waals surface area contributed by atoms with Gasteiger partial charge in [0, 0.05) is 33.7 Å². The minimum absolute atomic E-state index is 0.0378. The van der Waals surface area contributed by atoms with Crippen LogP contribution in [0.2, 0.25) is 5.02 Å². The lowest BCUT2D eigenvalue weighted by Gasteiger charge is -2.40. The zero-order chi connectivity index (χ0) is 20.7. The lowest BCUT2D eigenvalue weighted by Crippen LogP contribution is -2.43. The van der Waals surface area contributed by atoms with E-state index in [0.29, 0.717) is 0 Å². The third kappa shape index (κ3) is 3.52. The van der Waals surface area contributed by atoms with Crippen molar-refractivity contribution in [2.45, 2.75) is 43.9 Å². The average Bonchev–Trinajstić information content (AvgIpc) is 3.00. The van der Waals surface area contributed by atoms with Crippen LogP contribution in [0.15, 0.2) is 55.0 Å². The van der Waals surface area contributed by atoms with Crippen LogP contribution >= 0.6 is 11.6 Å². The summed E-state index contributed by atoms with van der Waals surface area (Å²) in [5.41, 5.74) is 7.41. The van der Waals surface area contributed by atoms with E-state index in [1.165, 1.54) is 22.4 Å². The van der Waals surface area contributed by atoms with Gasteiger partial charge in [0.15, 0.2) is 0 Å². The molecule has 30 heavy (non-hydrogen) atoms. The topological polar surface area (TPSA) is 40.2 Å². The van der Waals surface area contributed by atoms with Gasteiger partial charge in [0.05, 0.1) is 0 Å². The number of halogens is 1. The first-order valence-corrected chi connectivity index (χ1v) is 11.3. The number of piperidine rings is 1. The fourth-order valence-electron chi connectivity index (χ4n) is 5.22. The summed E-state index contributed by atoms with van der Waals surface area (Å²) >= 11 is 6.30. The first kappa shape index (κ1) is 19.7. The summed E-state index contributed by atoms with van der Waals surface area (Å²) in [5.74, 6) is 0.988. The monoisotopic (exact) mass is 420 g/mol. The molecule has 0 radical (unpaired) electrons. The highest BCUT2D eigenvalue weighted by atomic mass is 35.5. The molecule has 0 atom stereocenters. The molecule has 0 amide bonds. The summed E-state index contributed by atoms with van der Waals surface area (Å²) in [6.45, 7) is 11.7. The molecule has 2 N–H and O–H groups in total. The molecule has 3 aliphatic rings. The molecule has 1 aromatic carbocycles. The van der Waals surface area contributed by atoms with Gasteiger partial charge in [0.25, 0.3) is 0 Å². The molecule has 1 spiro atoms. The smallest absolute Gasteiger partial charge is 0.133 e. The number of hydrogen-bond donors (Lipinski definition) is 2. The van der Waals surface area contributed by atoms with Gasteiger partial charge in [0.1, 0.15) is 5.82 Å². The zero-order valence-electron chi connectivity index (χ0n) is 17.4. The second kappa shape index (κ2) is 7.75. The number of aryl methyl sites for hydroxylation is 2. The largest absolute Gasteiger partial charge is 0.358 e. The van der Waals surface area contributed by atoms with Crippen molar-refractivity contribution in [1.29, 1.82) is 0 Å². The van der Waals surface area contributed by atoms with Crippen LogP contribution in [0, 0.1) is 0 Å². The quantitative estimate of drug-likeness (QED) is 0.683. The highest BCUT2D eigenvalue weighted by Gasteiger charge is 2.44. The van der Waals surface area contributed by atoms with Crippen LogP contribution in [0.25, 0.3) is 0 Å². The minimum Gasteiger partial charge on any atom is -0.358 e. The number of likely N-dealkylation sites (tertiary alicyclic amines) is 1. The molecule has 5 heteroatoms. The number of allylic oxidation sites excluding steroid dienone is 2. The van der Waals surface area contributed by atoms with Crippen molar-refractivity contribution in [2.75, 3.05) is 30.3 Å². The molecule has 1 saturated heterocycles.